The molecular formula is C15H6Cl2N4O4S. The Labute approximate surface area is 159 Å². The number of carbonyl (C=O) groups excluding carboxylic acids is 1. The Morgan fingerprint density at radius 3 is 2.92 bits per heavy atom. The number of nitro benzene ring substituents is 1. The number of aromatic nitrogens is 2. The van der Waals surface area contributed by atoms with Gasteiger partial charge in [0.1, 0.15) is 5.02 Å². The number of rotatable bonds is 3. The van der Waals surface area contributed by atoms with Gasteiger partial charge in [0, 0.05) is 23.2 Å². The van der Waals surface area contributed by atoms with Crippen molar-refractivity contribution in [2.24, 2.45) is 4.99 Å². The van der Waals surface area contributed by atoms with Crippen LogP contribution in [0.4, 0.5) is 5.69 Å². The lowest BCUT2D eigenvalue weighted by molar-refractivity contribution is -0.384. The molecule has 26 heavy (non-hydrogen) atoms. The quantitative estimate of drug-likeness (QED) is 0.282. The van der Waals surface area contributed by atoms with E-state index in [-0.39, 0.29) is 33.0 Å². The number of cyclic esters (lactones) is 1. The molecule has 0 fully saturated rings. The summed E-state index contributed by atoms with van der Waals surface area (Å²) in [5.41, 5.74) is 0.450. The summed E-state index contributed by atoms with van der Waals surface area (Å²) < 4.78 is 6.84. The zero-order valence-electron chi connectivity index (χ0n) is 12.6. The van der Waals surface area contributed by atoms with Crippen LogP contribution in [0.3, 0.4) is 0 Å². The van der Waals surface area contributed by atoms with Crippen LogP contribution in [0, 0.1) is 10.1 Å². The summed E-state index contributed by atoms with van der Waals surface area (Å²) in [4.78, 5) is 31.5. The van der Waals surface area contributed by atoms with Gasteiger partial charge in [-0.2, -0.15) is 0 Å². The first-order valence-electron chi connectivity index (χ1n) is 7.02. The minimum atomic E-state index is -0.696. The van der Waals surface area contributed by atoms with E-state index in [0.29, 0.717) is 10.7 Å². The molecule has 0 unspecified atom stereocenters. The van der Waals surface area contributed by atoms with Crippen LogP contribution in [0.25, 0.3) is 11.0 Å². The van der Waals surface area contributed by atoms with Crippen molar-refractivity contribution in [3.63, 3.8) is 0 Å². The second-order valence-electron chi connectivity index (χ2n) is 5.10. The number of imidazole rings is 1. The van der Waals surface area contributed by atoms with E-state index in [0.717, 1.165) is 0 Å². The summed E-state index contributed by atoms with van der Waals surface area (Å²) >= 11 is 13.3. The van der Waals surface area contributed by atoms with Gasteiger partial charge < -0.3 is 4.74 Å². The van der Waals surface area contributed by atoms with Gasteiger partial charge in [-0.3, -0.25) is 14.5 Å². The van der Waals surface area contributed by atoms with Gasteiger partial charge in [0.15, 0.2) is 15.8 Å². The summed E-state index contributed by atoms with van der Waals surface area (Å²) in [7, 11) is 0. The fourth-order valence-electron chi connectivity index (χ4n) is 2.35. The van der Waals surface area contributed by atoms with E-state index in [4.69, 9.17) is 27.9 Å². The molecule has 0 saturated carbocycles. The predicted octanol–water partition coefficient (Wildman–Crippen LogP) is 3.96. The Balaban J connectivity index is 1.76. The second-order valence-corrected chi connectivity index (χ2v) is 6.74. The van der Waals surface area contributed by atoms with Gasteiger partial charge in [0.2, 0.25) is 5.90 Å². The molecule has 0 saturated heterocycles. The van der Waals surface area contributed by atoms with Crippen molar-refractivity contribution in [1.82, 2.24) is 9.38 Å². The van der Waals surface area contributed by atoms with Crippen molar-refractivity contribution < 1.29 is 14.5 Å². The minimum absolute atomic E-state index is 0.00695. The first-order valence-corrected chi connectivity index (χ1v) is 8.65. The first kappa shape index (κ1) is 16.7. The van der Waals surface area contributed by atoms with E-state index < -0.39 is 10.9 Å². The molecule has 0 atom stereocenters. The Morgan fingerprint density at radius 1 is 1.35 bits per heavy atom. The van der Waals surface area contributed by atoms with Crippen molar-refractivity contribution in [3.05, 3.63) is 67.0 Å². The van der Waals surface area contributed by atoms with Crippen molar-refractivity contribution >= 4 is 63.1 Å². The van der Waals surface area contributed by atoms with Gasteiger partial charge in [-0.05, 0) is 18.2 Å². The first-order chi connectivity index (χ1) is 12.4. The van der Waals surface area contributed by atoms with Gasteiger partial charge in [-0.25, -0.2) is 14.8 Å². The SMILES string of the molecule is O=C1OC(c2ccc(Cl)c([N+](=O)[O-])c2)=N/C1=C/c1c(Cl)nc2sccn12. The van der Waals surface area contributed by atoms with Crippen LogP contribution in [0.15, 0.2) is 40.5 Å². The van der Waals surface area contributed by atoms with Gasteiger partial charge >= 0.3 is 5.97 Å². The van der Waals surface area contributed by atoms with Crippen LogP contribution in [0.1, 0.15) is 11.3 Å². The Morgan fingerprint density at radius 2 is 2.15 bits per heavy atom. The van der Waals surface area contributed by atoms with E-state index in [1.54, 1.807) is 10.6 Å². The van der Waals surface area contributed by atoms with Crippen LogP contribution in [0.2, 0.25) is 10.2 Å². The fraction of sp³-hybridized carbons (Fsp3) is 0. The molecule has 2 aromatic heterocycles. The Kier molecular flexibility index (Phi) is 3.98. The second kappa shape index (κ2) is 6.20. The topological polar surface area (TPSA) is 99.1 Å². The number of thiazole rings is 1. The molecule has 1 aromatic carbocycles. The third-order valence-corrected chi connectivity index (χ3v) is 4.89. The highest BCUT2D eigenvalue weighted by Gasteiger charge is 2.27. The molecule has 0 amide bonds. The van der Waals surface area contributed by atoms with Crippen LogP contribution in [0.5, 0.6) is 0 Å². The number of ether oxygens (including phenoxy) is 1. The molecule has 130 valence electrons. The molecule has 1 aliphatic rings. The Bertz CT molecular complexity index is 1150. The van der Waals surface area contributed by atoms with Crippen LogP contribution >= 0.6 is 34.5 Å². The molecule has 3 heterocycles. The maximum atomic E-state index is 12.1. The van der Waals surface area contributed by atoms with E-state index in [9.17, 15) is 14.9 Å². The summed E-state index contributed by atoms with van der Waals surface area (Å²) in [6.45, 7) is 0. The highest BCUT2D eigenvalue weighted by atomic mass is 35.5. The van der Waals surface area contributed by atoms with E-state index >= 15 is 0 Å². The number of hydrogen-bond donors (Lipinski definition) is 0. The van der Waals surface area contributed by atoms with Crippen LogP contribution in [-0.2, 0) is 9.53 Å². The van der Waals surface area contributed by atoms with E-state index in [1.165, 1.54) is 35.6 Å². The number of esters is 1. The maximum Gasteiger partial charge on any atom is 0.363 e. The molecule has 4 rings (SSSR count). The van der Waals surface area contributed by atoms with Crippen LogP contribution in [-0.4, -0.2) is 26.2 Å². The monoisotopic (exact) mass is 408 g/mol. The number of hydrogen-bond acceptors (Lipinski definition) is 7. The highest BCUT2D eigenvalue weighted by Crippen LogP contribution is 2.29. The Hall–Kier alpha value is -2.75. The predicted molar refractivity (Wildman–Crippen MR) is 96.8 cm³/mol. The van der Waals surface area contributed by atoms with Crippen molar-refractivity contribution in [2.45, 2.75) is 0 Å². The molecule has 0 bridgehead atoms. The van der Waals surface area contributed by atoms with E-state index in [1.807, 2.05) is 5.38 Å². The van der Waals surface area contributed by atoms with E-state index in [2.05, 4.69) is 9.98 Å². The van der Waals surface area contributed by atoms with Crippen LogP contribution < -0.4 is 0 Å². The lowest BCUT2D eigenvalue weighted by Crippen LogP contribution is -2.06. The number of fused-ring (bicyclic) bond motifs is 1. The van der Waals surface area contributed by atoms with Crippen molar-refractivity contribution in [3.8, 4) is 0 Å². The molecule has 1 aliphatic heterocycles. The van der Waals surface area contributed by atoms with Gasteiger partial charge in [0.25, 0.3) is 5.69 Å². The molecule has 0 N–H and O–H groups in total. The highest BCUT2D eigenvalue weighted by molar-refractivity contribution is 7.15. The van der Waals surface area contributed by atoms with Gasteiger partial charge in [-0.1, -0.05) is 23.2 Å². The van der Waals surface area contributed by atoms with Crippen molar-refractivity contribution in [2.75, 3.05) is 0 Å². The zero-order valence-corrected chi connectivity index (χ0v) is 14.9. The molecular weight excluding hydrogens is 403 g/mol. The largest absolute Gasteiger partial charge is 0.402 e. The molecule has 8 nitrogen and oxygen atoms in total. The van der Waals surface area contributed by atoms with Crippen molar-refractivity contribution in [1.29, 1.82) is 0 Å². The molecule has 0 radical (unpaired) electrons. The summed E-state index contributed by atoms with van der Waals surface area (Å²) in [6, 6.07) is 4.02. The maximum absolute atomic E-state index is 12.1. The summed E-state index contributed by atoms with van der Waals surface area (Å²) in [5, 5.41) is 13.0. The lowest BCUT2D eigenvalue weighted by Gasteiger charge is -2.00. The molecule has 0 aliphatic carbocycles. The van der Waals surface area contributed by atoms with Gasteiger partial charge in [0.05, 0.1) is 10.6 Å². The number of nitrogens with zero attached hydrogens (tertiary/aromatic N) is 4. The molecule has 3 aromatic rings. The smallest absolute Gasteiger partial charge is 0.363 e. The fourth-order valence-corrected chi connectivity index (χ4v) is 3.54. The third kappa shape index (κ3) is 2.75. The minimum Gasteiger partial charge on any atom is -0.402 e. The number of halogens is 2. The number of aliphatic imine (C=N–C) groups is 1. The number of carbonyl (C=O) groups is 1. The lowest BCUT2D eigenvalue weighted by atomic mass is 10.2. The summed E-state index contributed by atoms with van der Waals surface area (Å²) in [5.74, 6) is -0.748. The number of benzene rings is 1. The third-order valence-electron chi connectivity index (χ3n) is 3.54. The molecule has 0 spiro atoms. The molecule has 11 heteroatoms. The summed E-state index contributed by atoms with van der Waals surface area (Å²) in [6.07, 6.45) is 3.22. The average Bonchev–Trinajstić information content (AvgIpc) is 3.25. The zero-order chi connectivity index (χ0) is 18.4. The standard InChI is InChI=1S/C15H6Cl2N4O4S/c16-8-2-1-7(5-10(8)21(23)24)13-18-9(14(22)25-13)6-11-12(17)19-15-20(11)3-4-26-15/h1-6H/b9-6+. The van der Waals surface area contributed by atoms with Gasteiger partial charge in [-0.15, -0.1) is 11.3 Å². The normalized spacial score (nSPS) is 15.5. The number of nitro groups is 1. The average molecular weight is 409 g/mol.